The average molecular weight is 149 g/mol. The van der Waals surface area contributed by atoms with Crippen molar-refractivity contribution < 1.29 is 4.79 Å². The number of hydrogen-bond acceptors (Lipinski definition) is 3. The largest absolute Gasteiger partial charge is 0.284 e. The highest BCUT2D eigenvalue weighted by Crippen LogP contribution is 2.24. The summed E-state index contributed by atoms with van der Waals surface area (Å²) in [6.45, 7) is 0. The number of halogens is 1. The molecule has 4 heteroatoms. The van der Waals surface area contributed by atoms with E-state index >= 15 is 0 Å². The lowest BCUT2D eigenvalue weighted by atomic mass is 10.7. The van der Waals surface area contributed by atoms with Gasteiger partial charge in [0.15, 0.2) is 0 Å². The van der Waals surface area contributed by atoms with E-state index in [0.717, 1.165) is 0 Å². The zero-order valence-electron chi connectivity index (χ0n) is 3.93. The van der Waals surface area contributed by atoms with Crippen LogP contribution in [0, 0.1) is 0 Å². The molecular weight excluding hydrogens is 146 g/mol. The average Bonchev–Trinajstić information content (AvgIpc) is 2.14. The van der Waals surface area contributed by atoms with Crippen LogP contribution in [0.1, 0.15) is 0 Å². The van der Waals surface area contributed by atoms with Crippen molar-refractivity contribution in [1.82, 2.24) is 4.42 Å². The highest BCUT2D eigenvalue weighted by atomic mass is 35.5. The van der Waals surface area contributed by atoms with Crippen LogP contribution in [0.2, 0.25) is 0 Å². The molecule has 0 spiro atoms. The molecule has 1 rings (SSSR count). The van der Waals surface area contributed by atoms with Crippen LogP contribution in [0.4, 0.5) is 0 Å². The van der Waals surface area contributed by atoms with Crippen LogP contribution in [0.15, 0.2) is 11.1 Å². The molecule has 0 saturated heterocycles. The van der Waals surface area contributed by atoms with Crippen molar-refractivity contribution in [2.24, 2.45) is 0 Å². The molecule has 0 saturated carbocycles. The molecule has 0 aromatic heterocycles. The van der Waals surface area contributed by atoms with Gasteiger partial charge < -0.3 is 0 Å². The Morgan fingerprint density at radius 2 is 2.75 bits per heavy atom. The van der Waals surface area contributed by atoms with E-state index in [2.05, 4.69) is 0 Å². The summed E-state index contributed by atoms with van der Waals surface area (Å²) >= 11 is 6.82. The first-order valence-corrected chi connectivity index (χ1v) is 3.30. The van der Waals surface area contributed by atoms with E-state index in [0.29, 0.717) is 10.8 Å². The lowest BCUT2D eigenvalue weighted by Gasteiger charge is -1.96. The van der Waals surface area contributed by atoms with Crippen molar-refractivity contribution >= 4 is 29.8 Å². The molecule has 0 atom stereocenters. The van der Waals surface area contributed by atoms with Crippen LogP contribution in [0.25, 0.3) is 0 Å². The molecule has 1 aliphatic rings. The van der Waals surface area contributed by atoms with Crippen molar-refractivity contribution in [3.63, 3.8) is 0 Å². The quantitative estimate of drug-likeness (QED) is 0.520. The lowest BCUT2D eigenvalue weighted by molar-refractivity contribution is 0.563. The van der Waals surface area contributed by atoms with Gasteiger partial charge in [0.2, 0.25) is 6.29 Å². The molecule has 1 heterocycles. The molecular formula is C4H3ClNOS. The molecule has 8 heavy (non-hydrogen) atoms. The maximum atomic E-state index is 9.85. The molecule has 0 aromatic carbocycles. The topological polar surface area (TPSA) is 20.3 Å². The number of allylic oxidation sites excluding steroid dienone is 1. The Hall–Kier alpha value is -0.150. The van der Waals surface area contributed by atoms with Crippen molar-refractivity contribution in [2.45, 2.75) is 0 Å². The molecule has 2 nitrogen and oxygen atoms in total. The highest BCUT2D eigenvalue weighted by molar-refractivity contribution is 8.04. The van der Waals surface area contributed by atoms with Crippen LogP contribution in [0.5, 0.6) is 0 Å². The molecule has 0 bridgehead atoms. The monoisotopic (exact) mass is 148 g/mol. The summed E-state index contributed by atoms with van der Waals surface area (Å²) in [4.78, 5) is 10.4. The third kappa shape index (κ3) is 1.17. The summed E-state index contributed by atoms with van der Waals surface area (Å²) in [7, 11) is 0. The van der Waals surface area contributed by atoms with Crippen LogP contribution >= 0.6 is 23.5 Å². The minimum Gasteiger partial charge on any atom is -0.284 e. The molecule has 0 aromatic rings. The van der Waals surface area contributed by atoms with Crippen LogP contribution in [-0.4, -0.2) is 16.6 Å². The maximum Gasteiger partial charge on any atom is 0.242 e. The number of carbonyl (C=O) groups excluding carboxylic acids is 1. The molecule has 0 unspecified atom stereocenters. The Kier molecular flexibility index (Phi) is 1.81. The Morgan fingerprint density at radius 1 is 2.00 bits per heavy atom. The van der Waals surface area contributed by atoms with E-state index in [1.807, 2.05) is 0 Å². The van der Waals surface area contributed by atoms with Gasteiger partial charge in [-0.1, -0.05) is 11.8 Å². The molecule has 43 valence electrons. The first-order valence-electron chi connectivity index (χ1n) is 1.98. The van der Waals surface area contributed by atoms with Gasteiger partial charge in [-0.3, -0.25) is 9.21 Å². The van der Waals surface area contributed by atoms with Gasteiger partial charge in [0, 0.05) is 18.0 Å². The number of rotatable bonds is 1. The summed E-state index contributed by atoms with van der Waals surface area (Å²) in [6.07, 6.45) is 3.30. The Balaban J connectivity index is 2.56. The van der Waals surface area contributed by atoms with Crippen molar-refractivity contribution in [3.8, 4) is 0 Å². The van der Waals surface area contributed by atoms with E-state index < -0.39 is 0 Å². The van der Waals surface area contributed by atoms with Gasteiger partial charge >= 0.3 is 0 Å². The fourth-order valence-electron chi connectivity index (χ4n) is 0.389. The predicted octanol–water partition coefficient (Wildman–Crippen LogP) is 1.10. The Labute approximate surface area is 56.6 Å². The van der Waals surface area contributed by atoms with Gasteiger partial charge in [-0.05, 0) is 0 Å². The van der Waals surface area contributed by atoms with Gasteiger partial charge in [-0.25, -0.2) is 0 Å². The first-order chi connectivity index (χ1) is 3.83. The smallest absolute Gasteiger partial charge is 0.242 e. The van der Waals surface area contributed by atoms with E-state index in [1.54, 1.807) is 12.5 Å². The van der Waals surface area contributed by atoms with E-state index in [-0.39, 0.29) is 0 Å². The van der Waals surface area contributed by atoms with Crippen LogP contribution in [0.3, 0.4) is 0 Å². The summed E-state index contributed by atoms with van der Waals surface area (Å²) < 4.78 is 1.42. The summed E-state index contributed by atoms with van der Waals surface area (Å²) in [5.41, 5.74) is 0. The fraction of sp³-hybridized carbons (Fsp3) is 0.250. The van der Waals surface area contributed by atoms with Gasteiger partial charge in [0.25, 0.3) is 0 Å². The molecule has 0 aliphatic carbocycles. The number of thioether (sulfide) groups is 1. The van der Waals surface area contributed by atoms with Gasteiger partial charge in [-0.15, -0.1) is 0 Å². The molecule has 0 amide bonds. The second-order valence-electron chi connectivity index (χ2n) is 1.27. The Bertz CT molecular complexity index is 136. The lowest BCUT2D eigenvalue weighted by Crippen LogP contribution is -1.93. The molecule has 1 aliphatic heterocycles. The molecule has 0 fully saturated rings. The number of hydrogen-bond donors (Lipinski definition) is 0. The van der Waals surface area contributed by atoms with E-state index in [1.165, 1.54) is 16.2 Å². The van der Waals surface area contributed by atoms with E-state index in [4.69, 9.17) is 11.8 Å². The standard InChI is InChI=1S/C4H3ClNOS/c5-6-1-4(2-7)8-3-6/h1H,3H2. The SMILES string of the molecule is O=[C]C1=CN(Cl)CS1. The van der Waals surface area contributed by atoms with Crippen LogP contribution < -0.4 is 0 Å². The summed E-state index contributed by atoms with van der Waals surface area (Å²) in [5.74, 6) is 0.645. The van der Waals surface area contributed by atoms with Gasteiger partial charge in [0.1, 0.15) is 0 Å². The molecule has 0 N–H and O–H groups in total. The zero-order valence-corrected chi connectivity index (χ0v) is 5.50. The number of nitrogens with zero attached hydrogens (tertiary/aromatic N) is 1. The van der Waals surface area contributed by atoms with Gasteiger partial charge in [0.05, 0.1) is 10.8 Å². The van der Waals surface area contributed by atoms with Crippen LogP contribution in [-0.2, 0) is 4.79 Å². The normalized spacial score (nSPS) is 18.6. The summed E-state index contributed by atoms with van der Waals surface area (Å²) in [5, 5.41) is 0. The second kappa shape index (κ2) is 2.42. The molecule has 1 radical (unpaired) electrons. The third-order valence-electron chi connectivity index (χ3n) is 0.701. The Morgan fingerprint density at radius 3 is 3.00 bits per heavy atom. The van der Waals surface area contributed by atoms with Crippen molar-refractivity contribution in [1.29, 1.82) is 0 Å². The first kappa shape index (κ1) is 5.98. The summed E-state index contributed by atoms with van der Waals surface area (Å²) in [6, 6.07) is 0. The highest BCUT2D eigenvalue weighted by Gasteiger charge is 2.09. The third-order valence-corrected chi connectivity index (χ3v) is 1.97. The fourth-order valence-corrected chi connectivity index (χ4v) is 1.29. The van der Waals surface area contributed by atoms with Gasteiger partial charge in [-0.2, -0.15) is 0 Å². The van der Waals surface area contributed by atoms with E-state index in [9.17, 15) is 4.79 Å². The minimum atomic E-state index is 0.569. The second-order valence-corrected chi connectivity index (χ2v) is 2.69. The maximum absolute atomic E-state index is 9.85. The predicted molar refractivity (Wildman–Crippen MR) is 33.9 cm³/mol. The minimum absolute atomic E-state index is 0.569. The van der Waals surface area contributed by atoms with Crippen molar-refractivity contribution in [3.05, 3.63) is 11.1 Å². The zero-order chi connectivity index (χ0) is 5.98. The van der Waals surface area contributed by atoms with Crippen molar-refractivity contribution in [2.75, 3.05) is 5.88 Å².